The predicted octanol–water partition coefficient (Wildman–Crippen LogP) is 4.02. The van der Waals surface area contributed by atoms with Gasteiger partial charge in [-0.1, -0.05) is 54.1 Å². The summed E-state index contributed by atoms with van der Waals surface area (Å²) in [6.07, 6.45) is 0. The highest BCUT2D eigenvalue weighted by atomic mass is 35.5. The van der Waals surface area contributed by atoms with Crippen molar-refractivity contribution in [3.05, 3.63) is 82.9 Å². The average Bonchev–Trinajstić information content (AvgIpc) is 3.38. The lowest BCUT2D eigenvalue weighted by Gasteiger charge is -2.38. The van der Waals surface area contributed by atoms with E-state index >= 15 is 0 Å². The molecule has 1 atom stereocenters. The molecule has 0 unspecified atom stereocenters. The number of rotatable bonds is 6. The number of aryl methyl sites for hydroxylation is 1. The molecule has 2 heterocycles. The SMILES string of the molecule is Cc1ccc(Cl)cc1N1CCN(C(=O)[C@@H](NS(=O)(=O)c2cccc3nsnc23)c2ccccc2)CC1. The molecule has 3 aromatic carbocycles. The van der Waals surface area contributed by atoms with E-state index in [-0.39, 0.29) is 10.8 Å². The Bertz CT molecular complexity index is 1500. The third-order valence-corrected chi connectivity index (χ3v) is 8.53. The normalized spacial score (nSPS) is 15.3. The van der Waals surface area contributed by atoms with Crippen LogP contribution in [-0.4, -0.2) is 54.2 Å². The van der Waals surface area contributed by atoms with Crippen molar-refractivity contribution in [1.29, 1.82) is 0 Å². The molecule has 1 fully saturated rings. The van der Waals surface area contributed by atoms with Crippen LogP contribution in [0.2, 0.25) is 5.02 Å². The molecule has 0 bridgehead atoms. The number of carbonyl (C=O) groups excluding carboxylic acids is 1. The maximum atomic E-state index is 13.7. The molecule has 1 saturated heterocycles. The third kappa shape index (κ3) is 4.94. The number of nitrogens with zero attached hydrogens (tertiary/aromatic N) is 4. The van der Waals surface area contributed by atoms with Crippen molar-refractivity contribution in [1.82, 2.24) is 18.4 Å². The monoisotopic (exact) mass is 541 g/mol. The second-order valence-corrected chi connectivity index (χ2v) is 11.2. The van der Waals surface area contributed by atoms with Gasteiger partial charge in [0.05, 0.1) is 11.7 Å². The summed E-state index contributed by atoms with van der Waals surface area (Å²) in [6.45, 7) is 4.18. The van der Waals surface area contributed by atoms with E-state index in [4.69, 9.17) is 11.6 Å². The highest BCUT2D eigenvalue weighted by molar-refractivity contribution is 7.89. The summed E-state index contributed by atoms with van der Waals surface area (Å²) >= 11 is 7.15. The molecular weight excluding hydrogens is 518 g/mol. The molecule has 0 saturated carbocycles. The van der Waals surface area contributed by atoms with Crippen molar-refractivity contribution in [2.24, 2.45) is 0 Å². The molecule has 1 aliphatic heterocycles. The van der Waals surface area contributed by atoms with Crippen LogP contribution >= 0.6 is 23.3 Å². The Hall–Kier alpha value is -3.05. The van der Waals surface area contributed by atoms with Crippen LogP contribution in [0.1, 0.15) is 17.2 Å². The Morgan fingerprint density at radius 2 is 1.75 bits per heavy atom. The number of aromatic nitrogens is 2. The first kappa shape index (κ1) is 24.6. The van der Waals surface area contributed by atoms with Crippen LogP contribution in [0, 0.1) is 6.92 Å². The minimum absolute atomic E-state index is 0.00346. The van der Waals surface area contributed by atoms with Gasteiger partial charge in [-0.15, -0.1) is 0 Å². The van der Waals surface area contributed by atoms with Crippen LogP contribution in [0.25, 0.3) is 11.0 Å². The summed E-state index contributed by atoms with van der Waals surface area (Å²) in [6, 6.07) is 18.4. The number of carbonyl (C=O) groups is 1. The molecule has 1 aromatic heterocycles. The lowest BCUT2D eigenvalue weighted by Crippen LogP contribution is -2.52. The van der Waals surface area contributed by atoms with Crippen LogP contribution in [0.5, 0.6) is 0 Å². The second-order valence-electron chi connectivity index (χ2n) is 8.60. The van der Waals surface area contributed by atoms with Crippen molar-refractivity contribution < 1.29 is 13.2 Å². The largest absolute Gasteiger partial charge is 0.368 e. The Kier molecular flexibility index (Phi) is 6.94. The molecule has 11 heteroatoms. The van der Waals surface area contributed by atoms with E-state index in [9.17, 15) is 13.2 Å². The minimum atomic E-state index is -4.07. The van der Waals surface area contributed by atoms with Crippen molar-refractivity contribution >= 4 is 56.0 Å². The molecular formula is C25H24ClN5O3S2. The van der Waals surface area contributed by atoms with Crippen LogP contribution in [0.3, 0.4) is 0 Å². The summed E-state index contributed by atoms with van der Waals surface area (Å²) in [5.41, 5.74) is 3.51. The number of halogens is 1. The van der Waals surface area contributed by atoms with Crippen LogP contribution in [0.4, 0.5) is 5.69 Å². The Morgan fingerprint density at radius 1 is 1.00 bits per heavy atom. The molecule has 0 aliphatic carbocycles. The maximum absolute atomic E-state index is 13.7. The number of hydrogen-bond donors (Lipinski definition) is 1. The molecule has 4 aromatic rings. The zero-order valence-electron chi connectivity index (χ0n) is 19.5. The quantitative estimate of drug-likeness (QED) is 0.396. The van der Waals surface area contributed by atoms with Crippen LogP contribution in [0.15, 0.2) is 71.6 Å². The standard InChI is InChI=1S/C25H24ClN5O3S2/c1-17-10-11-19(26)16-21(17)30-12-14-31(15-13-30)25(32)23(18-6-3-2-4-7-18)29-36(33,34)22-9-5-8-20-24(22)28-35-27-20/h2-11,16,23,29H,12-15H2,1H3/t23-/m0/s1. The van der Waals surface area contributed by atoms with Gasteiger partial charge in [-0.3, -0.25) is 4.79 Å². The number of anilines is 1. The van der Waals surface area contributed by atoms with Gasteiger partial charge >= 0.3 is 0 Å². The second kappa shape index (κ2) is 10.1. The Morgan fingerprint density at radius 3 is 2.50 bits per heavy atom. The Labute approximate surface area is 218 Å². The van der Waals surface area contributed by atoms with E-state index in [1.165, 1.54) is 6.07 Å². The average molecular weight is 542 g/mol. The van der Waals surface area contributed by atoms with Crippen molar-refractivity contribution in [2.45, 2.75) is 17.9 Å². The molecule has 5 rings (SSSR count). The topological polar surface area (TPSA) is 95.5 Å². The summed E-state index contributed by atoms with van der Waals surface area (Å²) < 4.78 is 37.8. The summed E-state index contributed by atoms with van der Waals surface area (Å²) in [5.74, 6) is -0.296. The van der Waals surface area contributed by atoms with E-state index in [1.54, 1.807) is 41.3 Å². The van der Waals surface area contributed by atoms with Gasteiger partial charge < -0.3 is 9.80 Å². The van der Waals surface area contributed by atoms with Crippen molar-refractivity contribution in [3.8, 4) is 0 Å². The lowest BCUT2D eigenvalue weighted by molar-refractivity contribution is -0.133. The summed E-state index contributed by atoms with van der Waals surface area (Å²) in [5, 5.41) is 0.665. The van der Waals surface area contributed by atoms with Gasteiger partial charge in [-0.05, 0) is 42.3 Å². The highest BCUT2D eigenvalue weighted by Crippen LogP contribution is 2.27. The van der Waals surface area contributed by atoms with E-state index in [1.807, 2.05) is 31.2 Å². The van der Waals surface area contributed by atoms with E-state index < -0.39 is 16.1 Å². The fourth-order valence-corrected chi connectivity index (χ4v) is 6.51. The lowest BCUT2D eigenvalue weighted by atomic mass is 10.1. The van der Waals surface area contributed by atoms with Gasteiger partial charge in [-0.2, -0.15) is 13.5 Å². The number of piperazine rings is 1. The molecule has 8 nitrogen and oxygen atoms in total. The van der Waals surface area contributed by atoms with Gasteiger partial charge in [0.25, 0.3) is 0 Å². The highest BCUT2D eigenvalue weighted by Gasteiger charge is 2.33. The molecule has 0 spiro atoms. The number of sulfonamides is 1. The summed E-state index contributed by atoms with van der Waals surface area (Å²) in [4.78, 5) is 17.6. The summed E-state index contributed by atoms with van der Waals surface area (Å²) in [7, 11) is -4.07. The number of fused-ring (bicyclic) bond motifs is 1. The van der Waals surface area contributed by atoms with Gasteiger partial charge in [0.2, 0.25) is 15.9 Å². The first-order valence-corrected chi connectivity index (χ1v) is 14.0. The van der Waals surface area contributed by atoms with Crippen molar-refractivity contribution in [2.75, 3.05) is 31.1 Å². The van der Waals surface area contributed by atoms with Gasteiger partial charge in [-0.25, -0.2) is 8.42 Å². The van der Waals surface area contributed by atoms with Crippen molar-refractivity contribution in [3.63, 3.8) is 0 Å². The predicted molar refractivity (Wildman–Crippen MR) is 142 cm³/mol. The number of hydrogen-bond acceptors (Lipinski definition) is 7. The van der Waals surface area contributed by atoms with E-state index in [0.29, 0.717) is 47.8 Å². The molecule has 186 valence electrons. The molecule has 1 amide bonds. The Balaban J connectivity index is 1.39. The third-order valence-electron chi connectivity index (χ3n) is 6.29. The first-order chi connectivity index (χ1) is 17.3. The van der Waals surface area contributed by atoms with Crippen LogP contribution in [-0.2, 0) is 14.8 Å². The van der Waals surface area contributed by atoms with E-state index in [2.05, 4.69) is 18.4 Å². The number of nitrogens with one attached hydrogen (secondary N) is 1. The van der Waals surface area contributed by atoms with Gasteiger partial charge in [0.15, 0.2) is 0 Å². The molecule has 1 aliphatic rings. The smallest absolute Gasteiger partial charge is 0.245 e. The first-order valence-electron chi connectivity index (χ1n) is 11.4. The zero-order valence-corrected chi connectivity index (χ0v) is 21.9. The minimum Gasteiger partial charge on any atom is -0.368 e. The van der Waals surface area contributed by atoms with Crippen LogP contribution < -0.4 is 9.62 Å². The molecule has 0 radical (unpaired) electrons. The number of benzene rings is 3. The zero-order chi connectivity index (χ0) is 25.3. The maximum Gasteiger partial charge on any atom is 0.245 e. The van der Waals surface area contributed by atoms with Gasteiger partial charge in [0, 0.05) is 36.9 Å². The fraction of sp³-hybridized carbons (Fsp3) is 0.240. The molecule has 1 N–H and O–H groups in total. The van der Waals surface area contributed by atoms with Gasteiger partial charge in [0.1, 0.15) is 22.0 Å². The molecule has 36 heavy (non-hydrogen) atoms. The van der Waals surface area contributed by atoms with E-state index in [0.717, 1.165) is 23.0 Å². The fourth-order valence-electron chi connectivity index (χ4n) is 4.40. The number of amides is 1.